The first kappa shape index (κ1) is 14.0. The molecule has 0 spiro atoms. The van der Waals surface area contributed by atoms with Gasteiger partial charge in [-0.25, -0.2) is 4.98 Å². The summed E-state index contributed by atoms with van der Waals surface area (Å²) >= 11 is 4.74. The molecule has 7 heteroatoms. The van der Waals surface area contributed by atoms with Gasteiger partial charge in [0, 0.05) is 4.47 Å². The van der Waals surface area contributed by atoms with Crippen molar-refractivity contribution in [1.29, 1.82) is 0 Å². The molecule has 0 radical (unpaired) electrons. The largest absolute Gasteiger partial charge is 0.450 e. The van der Waals surface area contributed by atoms with Crippen molar-refractivity contribution in [3.05, 3.63) is 56.0 Å². The van der Waals surface area contributed by atoms with Crippen LogP contribution < -0.4 is 4.74 Å². The Labute approximate surface area is 132 Å². The van der Waals surface area contributed by atoms with E-state index in [1.54, 1.807) is 23.7 Å². The first-order valence-corrected chi connectivity index (χ1v) is 7.68. The van der Waals surface area contributed by atoms with Crippen LogP contribution in [-0.4, -0.2) is 9.91 Å². The predicted octanol–water partition coefficient (Wildman–Crippen LogP) is 5.07. The molecule has 3 aromatic rings. The van der Waals surface area contributed by atoms with Crippen LogP contribution in [0.4, 0.5) is 5.69 Å². The third-order valence-electron chi connectivity index (χ3n) is 2.98. The van der Waals surface area contributed by atoms with E-state index < -0.39 is 4.92 Å². The molecule has 3 rings (SSSR count). The van der Waals surface area contributed by atoms with Crippen LogP contribution in [0, 0.1) is 17.0 Å². The third-order valence-corrected chi connectivity index (χ3v) is 4.27. The van der Waals surface area contributed by atoms with E-state index in [4.69, 9.17) is 4.74 Å². The fourth-order valence-corrected chi connectivity index (χ4v) is 3.16. The summed E-state index contributed by atoms with van der Waals surface area (Å²) in [6, 6.07) is 8.89. The molecule has 0 fully saturated rings. The van der Waals surface area contributed by atoms with Crippen molar-refractivity contribution < 1.29 is 9.66 Å². The molecule has 0 N–H and O–H groups in total. The van der Waals surface area contributed by atoms with E-state index in [0.717, 1.165) is 14.7 Å². The van der Waals surface area contributed by atoms with Crippen molar-refractivity contribution in [3.63, 3.8) is 0 Å². The number of hydrogen-bond acceptors (Lipinski definition) is 5. The Balaban J connectivity index is 2.11. The number of nitrogens with zero attached hydrogens (tertiary/aromatic N) is 2. The molecule has 0 aliphatic heterocycles. The minimum atomic E-state index is -0.453. The monoisotopic (exact) mass is 364 g/mol. The lowest BCUT2D eigenvalue weighted by molar-refractivity contribution is -0.384. The molecule has 0 atom stereocenters. The Morgan fingerprint density at radius 2 is 2.05 bits per heavy atom. The van der Waals surface area contributed by atoms with Gasteiger partial charge >= 0.3 is 5.69 Å². The van der Waals surface area contributed by atoms with Gasteiger partial charge in [0.1, 0.15) is 5.75 Å². The lowest BCUT2D eigenvalue weighted by atomic mass is 10.2. The highest BCUT2D eigenvalue weighted by Crippen LogP contribution is 2.39. The molecule has 0 saturated heterocycles. The molecule has 0 saturated carbocycles. The van der Waals surface area contributed by atoms with Gasteiger partial charge in [-0.15, -0.1) is 11.3 Å². The molecule has 0 amide bonds. The molecule has 0 aliphatic rings. The second-order valence-corrected chi connectivity index (χ2v) is 6.18. The van der Waals surface area contributed by atoms with Gasteiger partial charge in [0.2, 0.25) is 5.75 Å². The molecule has 1 heterocycles. The summed E-state index contributed by atoms with van der Waals surface area (Å²) in [5.74, 6) is 0.778. The number of aromatic nitrogens is 1. The number of fused-ring (bicyclic) bond motifs is 1. The van der Waals surface area contributed by atoms with Gasteiger partial charge in [0.25, 0.3) is 0 Å². The van der Waals surface area contributed by atoms with E-state index in [2.05, 4.69) is 20.9 Å². The number of hydrogen-bond donors (Lipinski definition) is 0. The molecule has 0 bridgehead atoms. The van der Waals surface area contributed by atoms with E-state index >= 15 is 0 Å². The van der Waals surface area contributed by atoms with Crippen molar-refractivity contribution in [3.8, 4) is 11.5 Å². The molecule has 106 valence electrons. The molecule has 21 heavy (non-hydrogen) atoms. The third kappa shape index (κ3) is 2.62. The number of ether oxygens (including phenoxy) is 1. The molecule has 5 nitrogen and oxygen atoms in total. The average Bonchev–Trinajstić information content (AvgIpc) is 2.89. The molecular weight excluding hydrogens is 356 g/mol. The Kier molecular flexibility index (Phi) is 3.60. The van der Waals surface area contributed by atoms with Crippen molar-refractivity contribution in [2.75, 3.05) is 0 Å². The zero-order chi connectivity index (χ0) is 15.0. The van der Waals surface area contributed by atoms with Crippen LogP contribution in [0.1, 0.15) is 5.56 Å². The maximum Gasteiger partial charge on any atom is 0.338 e. The van der Waals surface area contributed by atoms with Gasteiger partial charge in [0.05, 0.1) is 15.1 Å². The van der Waals surface area contributed by atoms with Gasteiger partial charge in [-0.05, 0) is 42.8 Å². The van der Waals surface area contributed by atoms with E-state index in [9.17, 15) is 10.1 Å². The number of nitro groups is 1. The maximum atomic E-state index is 11.3. The van der Waals surface area contributed by atoms with E-state index in [1.165, 1.54) is 11.3 Å². The predicted molar refractivity (Wildman–Crippen MR) is 85.2 cm³/mol. The van der Waals surface area contributed by atoms with Crippen LogP contribution >= 0.6 is 27.3 Å². The number of nitro benzene ring substituents is 1. The minimum Gasteiger partial charge on any atom is -0.450 e. The van der Waals surface area contributed by atoms with Crippen molar-refractivity contribution in [2.24, 2.45) is 0 Å². The summed E-state index contributed by atoms with van der Waals surface area (Å²) in [6.45, 7) is 1.88. The number of thiazole rings is 1. The lowest BCUT2D eigenvalue weighted by Crippen LogP contribution is -1.95. The zero-order valence-electron chi connectivity index (χ0n) is 10.9. The topological polar surface area (TPSA) is 65.3 Å². The SMILES string of the molecule is Cc1cc(Br)ccc1Oc1ccc2scnc2c1[N+](=O)[O-]. The van der Waals surface area contributed by atoms with Crippen LogP contribution in [0.15, 0.2) is 40.3 Å². The fraction of sp³-hybridized carbons (Fsp3) is 0.0714. The Hall–Kier alpha value is -1.99. The van der Waals surface area contributed by atoms with Crippen LogP contribution in [0.5, 0.6) is 11.5 Å². The molecule has 0 aliphatic carbocycles. The Morgan fingerprint density at radius 3 is 2.76 bits per heavy atom. The van der Waals surface area contributed by atoms with Crippen molar-refractivity contribution >= 4 is 43.2 Å². The standard InChI is InChI=1S/C14H9BrN2O3S/c1-8-6-9(15)2-3-10(8)20-11-4-5-12-13(16-7-21-12)14(11)17(18)19/h2-7H,1H3. The maximum absolute atomic E-state index is 11.3. The zero-order valence-corrected chi connectivity index (χ0v) is 13.3. The van der Waals surface area contributed by atoms with Gasteiger partial charge < -0.3 is 4.74 Å². The first-order valence-electron chi connectivity index (χ1n) is 6.01. The average molecular weight is 365 g/mol. The van der Waals surface area contributed by atoms with Crippen LogP contribution in [0.3, 0.4) is 0 Å². The smallest absolute Gasteiger partial charge is 0.338 e. The normalized spacial score (nSPS) is 10.8. The van der Waals surface area contributed by atoms with E-state index in [0.29, 0.717) is 11.3 Å². The molecule has 1 aromatic heterocycles. The Morgan fingerprint density at radius 1 is 1.29 bits per heavy atom. The summed E-state index contributed by atoms with van der Waals surface area (Å²) in [4.78, 5) is 15.0. The van der Waals surface area contributed by atoms with Gasteiger partial charge in [-0.2, -0.15) is 0 Å². The van der Waals surface area contributed by atoms with Crippen molar-refractivity contribution in [2.45, 2.75) is 6.92 Å². The second-order valence-electron chi connectivity index (χ2n) is 4.38. The quantitative estimate of drug-likeness (QED) is 0.480. The molecular formula is C14H9BrN2O3S. The molecule has 0 unspecified atom stereocenters. The van der Waals surface area contributed by atoms with E-state index in [1.807, 2.05) is 19.1 Å². The van der Waals surface area contributed by atoms with Gasteiger partial charge in [0.15, 0.2) is 5.52 Å². The van der Waals surface area contributed by atoms with Gasteiger partial charge in [-0.1, -0.05) is 15.9 Å². The van der Waals surface area contributed by atoms with Crippen molar-refractivity contribution in [1.82, 2.24) is 4.98 Å². The van der Waals surface area contributed by atoms with Crippen LogP contribution in [-0.2, 0) is 0 Å². The summed E-state index contributed by atoms with van der Waals surface area (Å²) < 4.78 is 7.43. The minimum absolute atomic E-state index is 0.101. The lowest BCUT2D eigenvalue weighted by Gasteiger charge is -2.09. The van der Waals surface area contributed by atoms with Crippen LogP contribution in [0.25, 0.3) is 10.2 Å². The fourth-order valence-electron chi connectivity index (χ4n) is 2.00. The summed E-state index contributed by atoms with van der Waals surface area (Å²) in [5, 5.41) is 11.3. The number of halogens is 1. The highest BCUT2D eigenvalue weighted by atomic mass is 79.9. The van der Waals surface area contributed by atoms with Crippen LogP contribution in [0.2, 0.25) is 0 Å². The highest BCUT2D eigenvalue weighted by Gasteiger charge is 2.22. The summed E-state index contributed by atoms with van der Waals surface area (Å²) in [6.07, 6.45) is 0. The van der Waals surface area contributed by atoms with E-state index in [-0.39, 0.29) is 11.4 Å². The summed E-state index contributed by atoms with van der Waals surface area (Å²) in [7, 11) is 0. The van der Waals surface area contributed by atoms with Gasteiger partial charge in [-0.3, -0.25) is 10.1 Å². The second kappa shape index (κ2) is 5.42. The highest BCUT2D eigenvalue weighted by molar-refractivity contribution is 9.10. The Bertz CT molecular complexity index is 847. The number of benzene rings is 2. The summed E-state index contributed by atoms with van der Waals surface area (Å²) in [5.41, 5.74) is 2.73. The number of aryl methyl sites for hydroxylation is 1. The number of rotatable bonds is 3. The first-order chi connectivity index (χ1) is 10.1. The molecule has 2 aromatic carbocycles.